The second-order valence-corrected chi connectivity index (χ2v) is 6.76. The Balaban J connectivity index is 2.41. The van der Waals surface area contributed by atoms with Crippen molar-refractivity contribution in [3.05, 3.63) is 16.1 Å². The molecule has 0 amide bonds. The lowest BCUT2D eigenvalue weighted by atomic mass is 10.1. The first-order valence-corrected chi connectivity index (χ1v) is 7.52. The molecule has 2 aromatic rings. The van der Waals surface area contributed by atoms with Crippen LogP contribution in [0, 0.1) is 0 Å². The van der Waals surface area contributed by atoms with Gasteiger partial charge in [-0.05, 0) is 20.0 Å². The van der Waals surface area contributed by atoms with Gasteiger partial charge >= 0.3 is 0 Å². The number of hydrogen-bond donors (Lipinski definition) is 1. The summed E-state index contributed by atoms with van der Waals surface area (Å²) in [5.41, 5.74) is 7.80. The lowest BCUT2D eigenvalue weighted by molar-refractivity contribution is 0.401. The van der Waals surface area contributed by atoms with Crippen molar-refractivity contribution in [2.75, 3.05) is 19.8 Å². The molecular formula is C12H18N4S2. The van der Waals surface area contributed by atoms with E-state index in [0.717, 1.165) is 27.8 Å². The highest BCUT2D eigenvalue weighted by Crippen LogP contribution is 2.35. The van der Waals surface area contributed by atoms with Crippen LogP contribution < -0.4 is 5.73 Å². The van der Waals surface area contributed by atoms with Crippen LogP contribution in [0.5, 0.6) is 0 Å². The molecule has 0 spiro atoms. The zero-order valence-corrected chi connectivity index (χ0v) is 12.7. The molecule has 0 aliphatic rings. The first-order valence-electron chi connectivity index (χ1n) is 5.83. The molecule has 0 fully saturated rings. The summed E-state index contributed by atoms with van der Waals surface area (Å²) >= 11 is 3.20. The summed E-state index contributed by atoms with van der Waals surface area (Å²) in [6.07, 6.45) is 0. The zero-order chi connectivity index (χ0) is 13.3. The average molecular weight is 282 g/mol. The largest absolute Gasteiger partial charge is 0.375 e. The molecule has 2 N–H and O–H groups in total. The minimum absolute atomic E-state index is 0.398. The third-order valence-electron chi connectivity index (χ3n) is 2.45. The molecule has 0 radical (unpaired) electrons. The van der Waals surface area contributed by atoms with Gasteiger partial charge in [-0.15, -0.1) is 22.7 Å². The Morgan fingerprint density at radius 1 is 1.33 bits per heavy atom. The van der Waals surface area contributed by atoms with E-state index in [-0.39, 0.29) is 0 Å². The van der Waals surface area contributed by atoms with E-state index in [9.17, 15) is 0 Å². The summed E-state index contributed by atoms with van der Waals surface area (Å²) in [7, 11) is 4.11. The smallest absolute Gasteiger partial charge is 0.180 e. The van der Waals surface area contributed by atoms with Crippen LogP contribution in [-0.2, 0) is 6.54 Å². The Morgan fingerprint density at radius 3 is 2.56 bits per heavy atom. The minimum atomic E-state index is 0.398. The summed E-state index contributed by atoms with van der Waals surface area (Å²) in [6.45, 7) is 5.19. The van der Waals surface area contributed by atoms with E-state index in [4.69, 9.17) is 10.7 Å². The molecule has 0 unspecified atom stereocenters. The third kappa shape index (κ3) is 2.88. The van der Waals surface area contributed by atoms with E-state index in [1.807, 2.05) is 5.38 Å². The number of nitrogens with zero attached hydrogens (tertiary/aromatic N) is 3. The maximum absolute atomic E-state index is 5.71. The van der Waals surface area contributed by atoms with Crippen LogP contribution in [0.3, 0.4) is 0 Å². The lowest BCUT2D eigenvalue weighted by Crippen LogP contribution is -2.10. The van der Waals surface area contributed by atoms with Gasteiger partial charge in [0.25, 0.3) is 0 Å². The molecule has 0 atom stereocenters. The van der Waals surface area contributed by atoms with Crippen LogP contribution >= 0.6 is 22.7 Å². The molecule has 4 nitrogen and oxygen atoms in total. The summed E-state index contributed by atoms with van der Waals surface area (Å²) in [5, 5.41) is 3.75. The number of aromatic nitrogens is 2. The molecule has 0 aliphatic heterocycles. The van der Waals surface area contributed by atoms with Crippen molar-refractivity contribution in [3.63, 3.8) is 0 Å². The number of hydrogen-bond acceptors (Lipinski definition) is 6. The fourth-order valence-corrected chi connectivity index (χ4v) is 3.61. The standard InChI is InChI=1S/C12H18N4S2/c1-7(2)10-11(8-6-17-12(13)14-8)18-9(15-10)5-16(3)4/h6-7H,5H2,1-4H3,(H2,13,14). The summed E-state index contributed by atoms with van der Waals surface area (Å²) in [5.74, 6) is 0.398. The second-order valence-electron chi connectivity index (χ2n) is 4.79. The van der Waals surface area contributed by atoms with Crippen molar-refractivity contribution in [2.45, 2.75) is 26.3 Å². The van der Waals surface area contributed by atoms with Gasteiger partial charge in [-0.1, -0.05) is 13.8 Å². The highest BCUT2D eigenvalue weighted by atomic mass is 32.1. The Bertz CT molecular complexity index is 528. The minimum Gasteiger partial charge on any atom is -0.375 e. The molecule has 0 saturated carbocycles. The summed E-state index contributed by atoms with van der Waals surface area (Å²) < 4.78 is 0. The van der Waals surface area contributed by atoms with Gasteiger partial charge in [0.2, 0.25) is 0 Å². The number of rotatable bonds is 4. The van der Waals surface area contributed by atoms with Crippen molar-refractivity contribution in [2.24, 2.45) is 0 Å². The van der Waals surface area contributed by atoms with E-state index in [2.05, 4.69) is 37.8 Å². The topological polar surface area (TPSA) is 55.0 Å². The van der Waals surface area contributed by atoms with Crippen molar-refractivity contribution in [1.82, 2.24) is 14.9 Å². The number of thiazole rings is 2. The van der Waals surface area contributed by atoms with Gasteiger partial charge in [0.1, 0.15) is 5.01 Å². The van der Waals surface area contributed by atoms with Crippen LogP contribution in [0.15, 0.2) is 5.38 Å². The third-order valence-corrected chi connectivity index (χ3v) is 4.20. The predicted octanol–water partition coefficient (Wildman–Crippen LogP) is 3.03. The predicted molar refractivity (Wildman–Crippen MR) is 79.1 cm³/mol. The monoisotopic (exact) mass is 282 g/mol. The van der Waals surface area contributed by atoms with Crippen LogP contribution in [0.4, 0.5) is 5.13 Å². The quantitative estimate of drug-likeness (QED) is 0.936. The zero-order valence-electron chi connectivity index (χ0n) is 11.1. The molecule has 2 heterocycles. The Morgan fingerprint density at radius 2 is 2.06 bits per heavy atom. The number of anilines is 1. The molecule has 18 heavy (non-hydrogen) atoms. The van der Waals surface area contributed by atoms with Gasteiger partial charge in [0.05, 0.1) is 16.3 Å². The SMILES string of the molecule is CC(C)c1nc(CN(C)C)sc1-c1csc(N)n1. The molecule has 0 aromatic carbocycles. The summed E-state index contributed by atoms with van der Waals surface area (Å²) in [6, 6.07) is 0. The average Bonchev–Trinajstić information content (AvgIpc) is 2.83. The highest BCUT2D eigenvalue weighted by molar-refractivity contribution is 7.16. The van der Waals surface area contributed by atoms with Crippen molar-refractivity contribution in [3.8, 4) is 10.6 Å². The van der Waals surface area contributed by atoms with Crippen molar-refractivity contribution >= 4 is 27.8 Å². The Hall–Kier alpha value is -0.980. The van der Waals surface area contributed by atoms with E-state index < -0.39 is 0 Å². The normalized spacial score (nSPS) is 11.7. The first kappa shape index (κ1) is 13.5. The van der Waals surface area contributed by atoms with E-state index in [1.165, 1.54) is 11.3 Å². The summed E-state index contributed by atoms with van der Waals surface area (Å²) in [4.78, 5) is 12.4. The fourth-order valence-electron chi connectivity index (χ4n) is 1.68. The van der Waals surface area contributed by atoms with Crippen LogP contribution in [-0.4, -0.2) is 29.0 Å². The Labute approximate surface area is 115 Å². The van der Waals surface area contributed by atoms with Gasteiger partial charge in [-0.25, -0.2) is 9.97 Å². The van der Waals surface area contributed by atoms with Crippen molar-refractivity contribution in [1.29, 1.82) is 0 Å². The lowest BCUT2D eigenvalue weighted by Gasteiger charge is -2.05. The molecule has 2 rings (SSSR count). The van der Waals surface area contributed by atoms with Gasteiger partial charge in [0, 0.05) is 11.9 Å². The van der Waals surface area contributed by atoms with E-state index in [0.29, 0.717) is 11.0 Å². The molecule has 0 bridgehead atoms. The second kappa shape index (κ2) is 5.34. The molecule has 98 valence electrons. The molecule has 6 heteroatoms. The van der Waals surface area contributed by atoms with Gasteiger partial charge < -0.3 is 10.6 Å². The van der Waals surface area contributed by atoms with Crippen LogP contribution in [0.25, 0.3) is 10.6 Å². The van der Waals surface area contributed by atoms with Gasteiger partial charge in [-0.3, -0.25) is 0 Å². The van der Waals surface area contributed by atoms with Gasteiger partial charge in [-0.2, -0.15) is 0 Å². The van der Waals surface area contributed by atoms with E-state index >= 15 is 0 Å². The van der Waals surface area contributed by atoms with Gasteiger partial charge in [0.15, 0.2) is 5.13 Å². The number of nitrogen functional groups attached to an aromatic ring is 1. The number of nitrogens with two attached hydrogens (primary N) is 1. The molecular weight excluding hydrogens is 264 g/mol. The maximum atomic E-state index is 5.71. The van der Waals surface area contributed by atoms with Crippen LogP contribution in [0.1, 0.15) is 30.5 Å². The molecule has 0 saturated heterocycles. The fraction of sp³-hybridized carbons (Fsp3) is 0.500. The molecule has 0 aliphatic carbocycles. The maximum Gasteiger partial charge on any atom is 0.180 e. The molecule has 2 aromatic heterocycles. The van der Waals surface area contributed by atoms with E-state index in [1.54, 1.807) is 11.3 Å². The Kier molecular flexibility index (Phi) is 3.99. The van der Waals surface area contributed by atoms with Crippen LogP contribution in [0.2, 0.25) is 0 Å². The highest BCUT2D eigenvalue weighted by Gasteiger charge is 2.18. The first-order chi connectivity index (χ1) is 8.47. The van der Waals surface area contributed by atoms with Crippen molar-refractivity contribution < 1.29 is 0 Å².